The van der Waals surface area contributed by atoms with Crippen molar-refractivity contribution in [2.45, 2.75) is 6.10 Å². The summed E-state index contributed by atoms with van der Waals surface area (Å²) in [6.45, 7) is 1.10. The molecule has 0 bridgehead atoms. The zero-order valence-electron chi connectivity index (χ0n) is 13.6. The molecule has 0 spiro atoms. The molecule has 0 amide bonds. The van der Waals surface area contributed by atoms with Gasteiger partial charge in [0.15, 0.2) is 5.13 Å². The Kier molecular flexibility index (Phi) is 3.79. The van der Waals surface area contributed by atoms with Crippen molar-refractivity contribution in [3.8, 4) is 5.88 Å². The second kappa shape index (κ2) is 5.99. The van der Waals surface area contributed by atoms with Gasteiger partial charge in [0.1, 0.15) is 17.5 Å². The van der Waals surface area contributed by atoms with Crippen LogP contribution in [0, 0.1) is 5.82 Å². The molecule has 25 heavy (non-hydrogen) atoms. The molecule has 1 aliphatic rings. The molecule has 0 saturated carbocycles. The van der Waals surface area contributed by atoms with Crippen molar-refractivity contribution in [1.29, 1.82) is 0 Å². The van der Waals surface area contributed by atoms with Gasteiger partial charge in [0.2, 0.25) is 5.88 Å². The van der Waals surface area contributed by atoms with Crippen molar-refractivity contribution in [1.82, 2.24) is 14.8 Å². The Morgan fingerprint density at radius 3 is 2.96 bits per heavy atom. The highest BCUT2D eigenvalue weighted by atomic mass is 32.1. The van der Waals surface area contributed by atoms with Gasteiger partial charge in [0.05, 0.1) is 30.4 Å². The fraction of sp³-hybridized carbons (Fsp3) is 0.312. The Morgan fingerprint density at radius 2 is 2.20 bits per heavy atom. The number of thiazole rings is 1. The highest BCUT2D eigenvalue weighted by molar-refractivity contribution is 7.22. The first-order valence-electron chi connectivity index (χ1n) is 7.63. The lowest BCUT2D eigenvalue weighted by atomic mass is 10.2. The van der Waals surface area contributed by atoms with E-state index in [1.165, 1.54) is 35.3 Å². The van der Waals surface area contributed by atoms with Gasteiger partial charge < -0.3 is 14.4 Å². The van der Waals surface area contributed by atoms with Crippen LogP contribution in [0.25, 0.3) is 10.2 Å². The predicted molar refractivity (Wildman–Crippen MR) is 90.8 cm³/mol. The fourth-order valence-corrected chi connectivity index (χ4v) is 3.67. The molecule has 1 fully saturated rings. The highest BCUT2D eigenvalue weighted by Crippen LogP contribution is 2.32. The second-order valence-corrected chi connectivity index (χ2v) is 6.78. The summed E-state index contributed by atoms with van der Waals surface area (Å²) >= 11 is 1.42. The molecule has 1 aromatic carbocycles. The maximum absolute atomic E-state index is 13.3. The number of carbonyl (C=O) groups is 1. The molecule has 3 heterocycles. The van der Waals surface area contributed by atoms with E-state index in [2.05, 4.69) is 10.1 Å². The first-order chi connectivity index (χ1) is 12.0. The number of halogens is 1. The summed E-state index contributed by atoms with van der Waals surface area (Å²) in [7, 11) is 3.17. The van der Waals surface area contributed by atoms with Crippen LogP contribution in [0.3, 0.4) is 0 Å². The zero-order chi connectivity index (χ0) is 17.6. The maximum atomic E-state index is 13.3. The number of hydrogen-bond donors (Lipinski definition) is 0. The number of anilines is 1. The van der Waals surface area contributed by atoms with E-state index in [0.717, 1.165) is 15.3 Å². The van der Waals surface area contributed by atoms with Crippen LogP contribution in [0.2, 0.25) is 0 Å². The Labute approximate surface area is 146 Å². The summed E-state index contributed by atoms with van der Waals surface area (Å²) in [5.41, 5.74) is 1.07. The third kappa shape index (κ3) is 2.91. The average molecular weight is 362 g/mol. The lowest BCUT2D eigenvalue weighted by Crippen LogP contribution is -2.53. The van der Waals surface area contributed by atoms with Crippen LogP contribution in [0.15, 0.2) is 24.4 Å². The standard InChI is InChI=1S/C16H15FN4O3S/c1-20-8-11(14(19-20)23-2)15(22)24-10-6-21(7-10)16-18-12-4-3-9(17)5-13(12)25-16/h3-5,8,10H,6-7H2,1-2H3. The summed E-state index contributed by atoms with van der Waals surface area (Å²) in [6, 6.07) is 4.53. The molecular weight excluding hydrogens is 347 g/mol. The van der Waals surface area contributed by atoms with Crippen LogP contribution < -0.4 is 9.64 Å². The van der Waals surface area contributed by atoms with Crippen LogP contribution in [-0.4, -0.2) is 47.0 Å². The smallest absolute Gasteiger partial charge is 0.345 e. The van der Waals surface area contributed by atoms with Crippen molar-refractivity contribution in [3.05, 3.63) is 35.8 Å². The molecule has 130 valence electrons. The Balaban J connectivity index is 1.40. The summed E-state index contributed by atoms with van der Waals surface area (Å²) in [4.78, 5) is 18.7. The Morgan fingerprint density at radius 1 is 1.40 bits per heavy atom. The minimum atomic E-state index is -0.457. The lowest BCUT2D eigenvalue weighted by molar-refractivity contribution is 0.0231. The van der Waals surface area contributed by atoms with Crippen molar-refractivity contribution < 1.29 is 18.7 Å². The number of hydrogen-bond acceptors (Lipinski definition) is 7. The van der Waals surface area contributed by atoms with Crippen molar-refractivity contribution in [2.75, 3.05) is 25.1 Å². The molecule has 0 radical (unpaired) electrons. The van der Waals surface area contributed by atoms with Gasteiger partial charge >= 0.3 is 5.97 Å². The number of carbonyl (C=O) groups excluding carboxylic acids is 1. The number of esters is 1. The Bertz CT molecular complexity index is 948. The quantitative estimate of drug-likeness (QED) is 0.663. The van der Waals surface area contributed by atoms with E-state index in [9.17, 15) is 9.18 Å². The van der Waals surface area contributed by atoms with E-state index in [4.69, 9.17) is 9.47 Å². The molecule has 9 heteroatoms. The molecule has 2 aromatic heterocycles. The molecule has 0 N–H and O–H groups in total. The van der Waals surface area contributed by atoms with E-state index in [0.29, 0.717) is 18.7 Å². The van der Waals surface area contributed by atoms with E-state index in [1.54, 1.807) is 19.3 Å². The van der Waals surface area contributed by atoms with Gasteiger partial charge in [0, 0.05) is 13.2 Å². The molecule has 1 saturated heterocycles. The van der Waals surface area contributed by atoms with Gasteiger partial charge in [-0.3, -0.25) is 4.68 Å². The largest absolute Gasteiger partial charge is 0.479 e. The fourth-order valence-electron chi connectivity index (χ4n) is 2.66. The third-order valence-corrected chi connectivity index (χ3v) is 5.02. The lowest BCUT2D eigenvalue weighted by Gasteiger charge is -2.38. The van der Waals surface area contributed by atoms with Gasteiger partial charge in [-0.15, -0.1) is 5.10 Å². The van der Waals surface area contributed by atoms with Gasteiger partial charge in [-0.1, -0.05) is 11.3 Å². The number of rotatable bonds is 4. The first kappa shape index (κ1) is 15.8. The molecule has 3 aromatic rings. The van der Waals surface area contributed by atoms with Crippen LogP contribution in [-0.2, 0) is 11.8 Å². The van der Waals surface area contributed by atoms with E-state index in [1.807, 2.05) is 4.90 Å². The first-order valence-corrected chi connectivity index (χ1v) is 8.45. The maximum Gasteiger partial charge on any atom is 0.345 e. The molecule has 0 atom stereocenters. The predicted octanol–water partition coefficient (Wildman–Crippen LogP) is 2.22. The molecule has 0 aliphatic carbocycles. The highest BCUT2D eigenvalue weighted by Gasteiger charge is 2.33. The van der Waals surface area contributed by atoms with Crippen LogP contribution in [0.1, 0.15) is 10.4 Å². The minimum absolute atomic E-state index is 0.221. The van der Waals surface area contributed by atoms with Gasteiger partial charge in [-0.2, -0.15) is 0 Å². The second-order valence-electron chi connectivity index (χ2n) is 5.77. The van der Waals surface area contributed by atoms with Crippen molar-refractivity contribution >= 4 is 32.7 Å². The number of aryl methyl sites for hydroxylation is 1. The zero-order valence-corrected chi connectivity index (χ0v) is 14.4. The molecular formula is C16H15FN4O3S. The van der Waals surface area contributed by atoms with E-state index < -0.39 is 5.97 Å². The summed E-state index contributed by atoms with van der Waals surface area (Å²) in [5.74, 6) is -0.485. The topological polar surface area (TPSA) is 69.5 Å². The van der Waals surface area contributed by atoms with Gasteiger partial charge in [-0.05, 0) is 18.2 Å². The van der Waals surface area contributed by atoms with Crippen LogP contribution in [0.4, 0.5) is 9.52 Å². The van der Waals surface area contributed by atoms with Crippen LogP contribution in [0.5, 0.6) is 5.88 Å². The van der Waals surface area contributed by atoms with E-state index in [-0.39, 0.29) is 17.8 Å². The number of fused-ring (bicyclic) bond motifs is 1. The number of benzene rings is 1. The van der Waals surface area contributed by atoms with Crippen molar-refractivity contribution in [3.63, 3.8) is 0 Å². The minimum Gasteiger partial charge on any atom is -0.479 e. The number of nitrogens with zero attached hydrogens (tertiary/aromatic N) is 4. The van der Waals surface area contributed by atoms with E-state index >= 15 is 0 Å². The summed E-state index contributed by atoms with van der Waals surface area (Å²) in [6.07, 6.45) is 1.35. The molecule has 0 unspecified atom stereocenters. The number of aromatic nitrogens is 3. The Hall–Kier alpha value is -2.68. The average Bonchev–Trinajstić information content (AvgIpc) is 3.12. The van der Waals surface area contributed by atoms with Crippen molar-refractivity contribution in [2.24, 2.45) is 7.05 Å². The summed E-state index contributed by atoms with van der Waals surface area (Å²) < 4.78 is 26.1. The molecule has 7 nitrogen and oxygen atoms in total. The van der Waals surface area contributed by atoms with Gasteiger partial charge in [-0.25, -0.2) is 14.2 Å². The van der Waals surface area contributed by atoms with Gasteiger partial charge in [0.25, 0.3) is 0 Å². The SMILES string of the molecule is COc1nn(C)cc1C(=O)OC1CN(c2nc3ccc(F)cc3s2)C1. The monoisotopic (exact) mass is 362 g/mol. The number of ether oxygens (including phenoxy) is 2. The number of methoxy groups -OCH3 is 1. The molecule has 4 rings (SSSR count). The molecule has 1 aliphatic heterocycles. The third-order valence-electron chi connectivity index (χ3n) is 3.94. The summed E-state index contributed by atoms with van der Waals surface area (Å²) in [5, 5.41) is 4.84. The van der Waals surface area contributed by atoms with Crippen LogP contribution >= 0.6 is 11.3 Å². The normalized spacial score (nSPS) is 14.6.